The molecule has 0 spiro atoms. The summed E-state index contributed by atoms with van der Waals surface area (Å²) in [6, 6.07) is 3.00. The topological polar surface area (TPSA) is 34.5 Å². The van der Waals surface area contributed by atoms with Crippen LogP contribution in [0.15, 0.2) is 28.7 Å². The number of hydrogen-bond donors (Lipinski definition) is 0. The van der Waals surface area contributed by atoms with E-state index in [0.29, 0.717) is 22.7 Å². The number of alkyl halides is 3. The fourth-order valence-corrected chi connectivity index (χ4v) is 3.34. The summed E-state index contributed by atoms with van der Waals surface area (Å²) in [6.07, 6.45) is -2.27. The summed E-state index contributed by atoms with van der Waals surface area (Å²) in [6.45, 7) is 2.90. The van der Waals surface area contributed by atoms with Crippen molar-refractivity contribution >= 4 is 22.7 Å². The molecule has 0 N–H and O–H groups in total. The maximum absolute atomic E-state index is 13.5. The van der Waals surface area contributed by atoms with Crippen molar-refractivity contribution in [2.24, 2.45) is 4.99 Å². The second-order valence-electron chi connectivity index (χ2n) is 5.62. The fourth-order valence-electron chi connectivity index (χ4n) is 2.66. The van der Waals surface area contributed by atoms with Crippen molar-refractivity contribution in [1.29, 1.82) is 0 Å². The van der Waals surface area contributed by atoms with E-state index < -0.39 is 11.8 Å². The molecule has 23 heavy (non-hydrogen) atoms. The predicted molar refractivity (Wildman–Crippen MR) is 84.4 cm³/mol. The summed E-state index contributed by atoms with van der Waals surface area (Å²) in [7, 11) is 1.07. The van der Waals surface area contributed by atoms with Crippen molar-refractivity contribution in [2.45, 2.75) is 32.0 Å². The van der Waals surface area contributed by atoms with E-state index in [1.54, 1.807) is 11.6 Å². The number of nitrogens with zero attached hydrogens (tertiary/aromatic N) is 2. The summed E-state index contributed by atoms with van der Waals surface area (Å²) < 4.78 is 45.4. The molecule has 1 aliphatic rings. The van der Waals surface area contributed by atoms with Crippen LogP contribution in [0.25, 0.3) is 10.6 Å². The minimum Gasteiger partial charge on any atom is -0.364 e. The summed E-state index contributed by atoms with van der Waals surface area (Å²) in [5.41, 5.74) is 0.705. The van der Waals surface area contributed by atoms with Crippen LogP contribution in [0.1, 0.15) is 25.0 Å². The van der Waals surface area contributed by atoms with E-state index in [4.69, 9.17) is 4.74 Å². The standard InChI is InChI=1S/C16H15F3N2OS/c1-9-6-11-12(14-20-4-5-23-14)7-10(8-13(11)21-9)15(2,22-3)16(17,18)19/h4-5,7-8H,6H2,1-3H3. The Morgan fingerprint density at radius 1 is 1.26 bits per heavy atom. The predicted octanol–water partition coefficient (Wildman–Crippen LogP) is 4.88. The lowest BCUT2D eigenvalue weighted by molar-refractivity contribution is -0.269. The van der Waals surface area contributed by atoms with Crippen LogP contribution in [0.3, 0.4) is 0 Å². The maximum atomic E-state index is 13.5. The summed E-state index contributed by atoms with van der Waals surface area (Å²) in [4.78, 5) is 8.63. The molecule has 1 atom stereocenters. The van der Waals surface area contributed by atoms with Crippen molar-refractivity contribution in [2.75, 3.05) is 7.11 Å². The van der Waals surface area contributed by atoms with E-state index in [2.05, 4.69) is 9.98 Å². The van der Waals surface area contributed by atoms with E-state index in [1.165, 1.54) is 23.5 Å². The van der Waals surface area contributed by atoms with Crippen molar-refractivity contribution in [3.63, 3.8) is 0 Å². The summed E-state index contributed by atoms with van der Waals surface area (Å²) >= 11 is 1.39. The van der Waals surface area contributed by atoms with E-state index in [0.717, 1.165) is 25.3 Å². The van der Waals surface area contributed by atoms with Crippen molar-refractivity contribution < 1.29 is 17.9 Å². The van der Waals surface area contributed by atoms with Crippen molar-refractivity contribution in [3.8, 4) is 10.6 Å². The molecule has 0 saturated heterocycles. The molecule has 2 aromatic rings. The van der Waals surface area contributed by atoms with Crippen LogP contribution in [-0.4, -0.2) is 24.0 Å². The Morgan fingerprint density at radius 3 is 2.57 bits per heavy atom. The third-order valence-electron chi connectivity index (χ3n) is 4.13. The van der Waals surface area contributed by atoms with Gasteiger partial charge in [0.25, 0.3) is 0 Å². The van der Waals surface area contributed by atoms with Crippen LogP contribution in [0.4, 0.5) is 18.9 Å². The first-order valence-electron chi connectivity index (χ1n) is 6.99. The van der Waals surface area contributed by atoms with Gasteiger partial charge in [-0.15, -0.1) is 11.3 Å². The lowest BCUT2D eigenvalue weighted by atomic mass is 9.90. The number of thiazole rings is 1. The molecule has 0 radical (unpaired) electrons. The lowest BCUT2D eigenvalue weighted by Crippen LogP contribution is -2.41. The number of fused-ring (bicyclic) bond motifs is 1. The zero-order valence-electron chi connectivity index (χ0n) is 12.9. The first-order chi connectivity index (χ1) is 10.8. The van der Waals surface area contributed by atoms with Gasteiger partial charge in [0.2, 0.25) is 0 Å². The van der Waals surface area contributed by atoms with Gasteiger partial charge in [0.05, 0.1) is 5.69 Å². The molecule has 0 aliphatic carbocycles. The first-order valence-corrected chi connectivity index (χ1v) is 7.87. The van der Waals surface area contributed by atoms with Gasteiger partial charge in [-0.25, -0.2) is 4.98 Å². The number of rotatable bonds is 3. The molecule has 0 saturated carbocycles. The molecule has 122 valence electrons. The van der Waals surface area contributed by atoms with Crippen LogP contribution < -0.4 is 0 Å². The highest BCUT2D eigenvalue weighted by atomic mass is 32.1. The second kappa shape index (κ2) is 5.42. The molecule has 0 fully saturated rings. The van der Waals surface area contributed by atoms with Gasteiger partial charge < -0.3 is 4.74 Å². The molecule has 3 nitrogen and oxygen atoms in total. The lowest BCUT2D eigenvalue weighted by Gasteiger charge is -2.31. The number of halogens is 3. The van der Waals surface area contributed by atoms with Gasteiger partial charge in [-0.1, -0.05) is 0 Å². The summed E-state index contributed by atoms with van der Waals surface area (Å²) in [5, 5.41) is 2.49. The van der Waals surface area contributed by atoms with Crippen LogP contribution in [0.2, 0.25) is 0 Å². The van der Waals surface area contributed by atoms with Gasteiger partial charge in [-0.05, 0) is 37.1 Å². The van der Waals surface area contributed by atoms with Gasteiger partial charge in [0.15, 0.2) is 5.60 Å². The molecule has 1 aliphatic heterocycles. The fraction of sp³-hybridized carbons (Fsp3) is 0.375. The molecule has 3 rings (SSSR count). The highest BCUT2D eigenvalue weighted by Gasteiger charge is 2.53. The Kier molecular flexibility index (Phi) is 3.80. The van der Waals surface area contributed by atoms with Gasteiger partial charge in [-0.3, -0.25) is 4.99 Å². The maximum Gasteiger partial charge on any atom is 0.421 e. The molecule has 1 aromatic heterocycles. The van der Waals surface area contributed by atoms with E-state index >= 15 is 0 Å². The third kappa shape index (κ3) is 2.57. The van der Waals surface area contributed by atoms with Crippen LogP contribution in [-0.2, 0) is 16.8 Å². The van der Waals surface area contributed by atoms with Crippen molar-refractivity contribution in [3.05, 3.63) is 34.8 Å². The van der Waals surface area contributed by atoms with E-state index in [9.17, 15) is 13.2 Å². The minimum atomic E-state index is -4.53. The number of aliphatic imine (C=N–C) groups is 1. The van der Waals surface area contributed by atoms with Crippen LogP contribution in [0.5, 0.6) is 0 Å². The zero-order chi connectivity index (χ0) is 16.8. The second-order valence-corrected chi connectivity index (χ2v) is 6.51. The quantitative estimate of drug-likeness (QED) is 0.798. The monoisotopic (exact) mass is 340 g/mol. The Balaban J connectivity index is 2.24. The first kappa shape index (κ1) is 16.1. The van der Waals surface area contributed by atoms with Gasteiger partial charge in [0.1, 0.15) is 5.01 Å². The van der Waals surface area contributed by atoms with Crippen LogP contribution in [0, 0.1) is 0 Å². The number of ether oxygens (including phenoxy) is 1. The molecule has 7 heteroatoms. The molecule has 1 unspecified atom stereocenters. The largest absolute Gasteiger partial charge is 0.421 e. The van der Waals surface area contributed by atoms with Gasteiger partial charge in [-0.2, -0.15) is 13.2 Å². The third-order valence-corrected chi connectivity index (χ3v) is 4.94. The highest BCUT2D eigenvalue weighted by Crippen LogP contribution is 2.46. The van der Waals surface area contributed by atoms with Crippen LogP contribution >= 0.6 is 11.3 Å². The minimum absolute atomic E-state index is 0.0369. The van der Waals surface area contributed by atoms with Gasteiger partial charge >= 0.3 is 6.18 Å². The van der Waals surface area contributed by atoms with Gasteiger partial charge in [0, 0.05) is 36.4 Å². The smallest absolute Gasteiger partial charge is 0.364 e. The Hall–Kier alpha value is -1.73. The summed E-state index contributed by atoms with van der Waals surface area (Å²) in [5.74, 6) is 0. The number of methoxy groups -OCH3 is 1. The zero-order valence-corrected chi connectivity index (χ0v) is 13.7. The Morgan fingerprint density at radius 2 is 2.00 bits per heavy atom. The number of aromatic nitrogens is 1. The Bertz CT molecular complexity index is 768. The highest BCUT2D eigenvalue weighted by molar-refractivity contribution is 7.13. The van der Waals surface area contributed by atoms with E-state index in [-0.39, 0.29) is 5.56 Å². The van der Waals surface area contributed by atoms with E-state index in [1.807, 2.05) is 6.92 Å². The molecule has 1 aromatic carbocycles. The Labute approximate surface area is 135 Å². The SMILES string of the molecule is COC(C)(c1cc2c(c(-c3nccs3)c1)CC(C)=N2)C(F)(F)F. The molecular formula is C16H15F3N2OS. The molecule has 0 bridgehead atoms. The molecule has 2 heterocycles. The molecular weight excluding hydrogens is 325 g/mol. The average molecular weight is 340 g/mol. The normalized spacial score (nSPS) is 16.9. The molecule has 0 amide bonds. The number of hydrogen-bond acceptors (Lipinski definition) is 4. The number of benzene rings is 1. The average Bonchev–Trinajstić information content (AvgIpc) is 3.11. The van der Waals surface area contributed by atoms with Crippen molar-refractivity contribution in [1.82, 2.24) is 4.98 Å².